The van der Waals surface area contributed by atoms with Gasteiger partial charge in [-0.2, -0.15) is 0 Å². The lowest BCUT2D eigenvalue weighted by atomic mass is 10.1. The Labute approximate surface area is 88.0 Å². The summed E-state index contributed by atoms with van der Waals surface area (Å²) in [6, 6.07) is 0. The fourth-order valence-corrected chi connectivity index (χ4v) is 1.30. The molecular weight excluding hydrogens is 176 g/mol. The second kappa shape index (κ2) is 12.5. The van der Waals surface area contributed by atoms with Crippen molar-refractivity contribution in [1.82, 2.24) is 0 Å². The SMILES string of the molecule is CCCCCCCCC=COCCO. The van der Waals surface area contributed by atoms with Crippen LogP contribution in [-0.4, -0.2) is 18.3 Å². The van der Waals surface area contributed by atoms with Crippen LogP contribution in [-0.2, 0) is 4.74 Å². The number of unbranched alkanes of at least 4 members (excludes halogenated alkanes) is 6. The van der Waals surface area contributed by atoms with Gasteiger partial charge >= 0.3 is 0 Å². The summed E-state index contributed by atoms with van der Waals surface area (Å²) in [5, 5.41) is 8.43. The average molecular weight is 200 g/mol. The fraction of sp³-hybridized carbons (Fsp3) is 0.833. The normalized spacial score (nSPS) is 11.0. The van der Waals surface area contributed by atoms with Crippen LogP contribution in [0.5, 0.6) is 0 Å². The van der Waals surface area contributed by atoms with Crippen molar-refractivity contribution in [3.8, 4) is 0 Å². The Hall–Kier alpha value is -0.500. The van der Waals surface area contributed by atoms with Gasteiger partial charge in [0.2, 0.25) is 0 Å². The van der Waals surface area contributed by atoms with E-state index in [0.717, 1.165) is 6.42 Å². The molecule has 0 atom stereocenters. The second-order valence-electron chi connectivity index (χ2n) is 3.52. The summed E-state index contributed by atoms with van der Waals surface area (Å²) in [6.45, 7) is 2.75. The van der Waals surface area contributed by atoms with Gasteiger partial charge in [-0.25, -0.2) is 0 Å². The molecule has 0 unspecified atom stereocenters. The highest BCUT2D eigenvalue weighted by Crippen LogP contribution is 2.06. The molecule has 0 fully saturated rings. The maximum atomic E-state index is 8.43. The summed E-state index contributed by atoms with van der Waals surface area (Å²) in [6.07, 6.45) is 12.8. The minimum Gasteiger partial charge on any atom is -0.499 e. The van der Waals surface area contributed by atoms with E-state index in [0.29, 0.717) is 6.61 Å². The van der Waals surface area contributed by atoms with Gasteiger partial charge in [0.05, 0.1) is 12.9 Å². The molecule has 0 spiro atoms. The zero-order chi connectivity index (χ0) is 10.5. The van der Waals surface area contributed by atoms with Crippen molar-refractivity contribution >= 4 is 0 Å². The number of aliphatic hydroxyl groups excluding tert-OH is 1. The molecule has 0 aromatic rings. The highest BCUT2D eigenvalue weighted by atomic mass is 16.5. The van der Waals surface area contributed by atoms with Gasteiger partial charge in [0.25, 0.3) is 0 Å². The molecule has 0 rings (SSSR count). The van der Waals surface area contributed by atoms with Gasteiger partial charge in [0.1, 0.15) is 6.61 Å². The molecule has 14 heavy (non-hydrogen) atoms. The first-order valence-electron chi connectivity index (χ1n) is 5.79. The molecule has 0 radical (unpaired) electrons. The Morgan fingerprint density at radius 3 is 2.50 bits per heavy atom. The van der Waals surface area contributed by atoms with Crippen molar-refractivity contribution in [2.45, 2.75) is 51.9 Å². The van der Waals surface area contributed by atoms with Gasteiger partial charge < -0.3 is 9.84 Å². The number of allylic oxidation sites excluding steroid dienone is 1. The molecule has 0 saturated carbocycles. The maximum Gasteiger partial charge on any atom is 0.110 e. The third-order valence-electron chi connectivity index (χ3n) is 2.13. The molecule has 0 aromatic carbocycles. The van der Waals surface area contributed by atoms with Crippen LogP contribution < -0.4 is 0 Å². The highest BCUT2D eigenvalue weighted by molar-refractivity contribution is 4.72. The Bertz CT molecular complexity index is 121. The molecule has 2 heteroatoms. The van der Waals surface area contributed by atoms with Crippen LogP contribution in [0.25, 0.3) is 0 Å². The number of hydrogen-bond donors (Lipinski definition) is 1. The Kier molecular flexibility index (Phi) is 12.1. The van der Waals surface area contributed by atoms with Gasteiger partial charge in [-0.1, -0.05) is 39.0 Å². The molecule has 2 nitrogen and oxygen atoms in total. The summed E-state index contributed by atoms with van der Waals surface area (Å²) >= 11 is 0. The van der Waals surface area contributed by atoms with Gasteiger partial charge in [0, 0.05) is 0 Å². The first kappa shape index (κ1) is 13.5. The smallest absolute Gasteiger partial charge is 0.110 e. The van der Waals surface area contributed by atoms with E-state index in [9.17, 15) is 0 Å². The number of ether oxygens (including phenoxy) is 1. The monoisotopic (exact) mass is 200 g/mol. The predicted octanol–water partition coefficient (Wildman–Crippen LogP) is 3.26. The first-order valence-corrected chi connectivity index (χ1v) is 5.79. The van der Waals surface area contributed by atoms with Gasteiger partial charge in [0.15, 0.2) is 0 Å². The average Bonchev–Trinajstić information content (AvgIpc) is 2.21. The Morgan fingerprint density at radius 2 is 1.79 bits per heavy atom. The largest absolute Gasteiger partial charge is 0.499 e. The highest BCUT2D eigenvalue weighted by Gasteiger charge is 1.87. The van der Waals surface area contributed by atoms with Crippen LogP contribution in [0.3, 0.4) is 0 Å². The van der Waals surface area contributed by atoms with E-state index in [2.05, 4.69) is 6.92 Å². The van der Waals surface area contributed by atoms with E-state index in [1.54, 1.807) is 6.26 Å². The Balaban J connectivity index is 2.94. The number of hydrogen-bond acceptors (Lipinski definition) is 2. The van der Waals surface area contributed by atoms with E-state index in [1.165, 1.54) is 38.5 Å². The van der Waals surface area contributed by atoms with E-state index in [-0.39, 0.29) is 6.61 Å². The van der Waals surface area contributed by atoms with E-state index in [1.807, 2.05) is 6.08 Å². The van der Waals surface area contributed by atoms with Gasteiger partial charge in [-0.05, 0) is 18.9 Å². The van der Waals surface area contributed by atoms with E-state index < -0.39 is 0 Å². The lowest BCUT2D eigenvalue weighted by Gasteiger charge is -1.98. The molecule has 0 aliphatic carbocycles. The molecule has 0 aromatic heterocycles. The van der Waals surface area contributed by atoms with Crippen molar-refractivity contribution in [2.75, 3.05) is 13.2 Å². The quantitative estimate of drug-likeness (QED) is 0.433. The topological polar surface area (TPSA) is 29.5 Å². The maximum absolute atomic E-state index is 8.43. The summed E-state index contributed by atoms with van der Waals surface area (Å²) in [4.78, 5) is 0. The third kappa shape index (κ3) is 11.5. The van der Waals surface area contributed by atoms with Gasteiger partial charge in [-0.3, -0.25) is 0 Å². The van der Waals surface area contributed by atoms with Crippen LogP contribution in [0.15, 0.2) is 12.3 Å². The molecule has 0 saturated heterocycles. The van der Waals surface area contributed by atoms with Crippen LogP contribution >= 0.6 is 0 Å². The van der Waals surface area contributed by atoms with Crippen molar-refractivity contribution in [3.63, 3.8) is 0 Å². The third-order valence-corrected chi connectivity index (χ3v) is 2.13. The van der Waals surface area contributed by atoms with E-state index >= 15 is 0 Å². The van der Waals surface area contributed by atoms with Crippen LogP contribution in [0, 0.1) is 0 Å². The summed E-state index contributed by atoms with van der Waals surface area (Å²) in [5.74, 6) is 0. The Morgan fingerprint density at radius 1 is 1.07 bits per heavy atom. The fourth-order valence-electron chi connectivity index (χ4n) is 1.30. The van der Waals surface area contributed by atoms with Crippen molar-refractivity contribution < 1.29 is 9.84 Å². The zero-order valence-electron chi connectivity index (χ0n) is 9.37. The molecule has 0 heterocycles. The molecule has 1 N–H and O–H groups in total. The zero-order valence-corrected chi connectivity index (χ0v) is 9.37. The summed E-state index contributed by atoms with van der Waals surface area (Å²) < 4.78 is 5.00. The molecule has 0 bridgehead atoms. The van der Waals surface area contributed by atoms with Crippen molar-refractivity contribution in [3.05, 3.63) is 12.3 Å². The molecular formula is C12H24O2. The predicted molar refractivity (Wildman–Crippen MR) is 60.2 cm³/mol. The van der Waals surface area contributed by atoms with E-state index in [4.69, 9.17) is 9.84 Å². The lowest BCUT2D eigenvalue weighted by molar-refractivity contribution is 0.165. The summed E-state index contributed by atoms with van der Waals surface area (Å²) in [7, 11) is 0. The first-order chi connectivity index (χ1) is 6.91. The molecule has 0 aliphatic heterocycles. The van der Waals surface area contributed by atoms with Crippen LogP contribution in [0.1, 0.15) is 51.9 Å². The molecule has 0 aliphatic rings. The number of rotatable bonds is 10. The van der Waals surface area contributed by atoms with Crippen molar-refractivity contribution in [2.24, 2.45) is 0 Å². The van der Waals surface area contributed by atoms with Crippen molar-refractivity contribution in [1.29, 1.82) is 0 Å². The lowest BCUT2D eigenvalue weighted by Crippen LogP contribution is -1.91. The minimum atomic E-state index is 0.0986. The van der Waals surface area contributed by atoms with Gasteiger partial charge in [-0.15, -0.1) is 0 Å². The summed E-state index contributed by atoms with van der Waals surface area (Å²) in [5.41, 5.74) is 0. The number of aliphatic hydroxyl groups is 1. The second-order valence-corrected chi connectivity index (χ2v) is 3.52. The minimum absolute atomic E-state index is 0.0986. The molecule has 84 valence electrons. The van der Waals surface area contributed by atoms with Crippen LogP contribution in [0.2, 0.25) is 0 Å². The molecule has 0 amide bonds. The standard InChI is InChI=1S/C12H24O2/c1-2-3-4-5-6-7-8-9-11-14-12-10-13/h9,11,13H,2-8,10,12H2,1H3. The van der Waals surface area contributed by atoms with Crippen LogP contribution in [0.4, 0.5) is 0 Å².